The number of carbonyl (C=O) groups is 7. The summed E-state index contributed by atoms with van der Waals surface area (Å²) in [6.45, 7) is 17.7. The Kier molecular flexibility index (Phi) is 14.8. The van der Waals surface area contributed by atoms with Crippen LogP contribution < -0.4 is 21.3 Å². The number of hydrogen-bond acceptors (Lipinski definition) is 7. The molecule has 4 N–H and O–H groups in total. The second-order valence-electron chi connectivity index (χ2n) is 16.4. The van der Waals surface area contributed by atoms with E-state index < -0.39 is 58.6 Å². The Morgan fingerprint density at radius 1 is 0.961 bits per heavy atom. The summed E-state index contributed by atoms with van der Waals surface area (Å²) in [5.74, 6) is -2.80. The fourth-order valence-corrected chi connectivity index (χ4v) is 7.48. The number of Topliss-reactive ketones (excluding diaryl/α,β-unsaturated/α-hetero) is 1. The number of likely N-dealkylation sites (tertiary alicyclic amines) is 2. The third kappa shape index (κ3) is 10.9. The zero-order chi connectivity index (χ0) is 38.1. The van der Waals surface area contributed by atoms with Gasteiger partial charge in [-0.2, -0.15) is 0 Å². The molecule has 1 unspecified atom stereocenters. The molecule has 3 aliphatic rings. The van der Waals surface area contributed by atoms with Gasteiger partial charge in [-0.3, -0.25) is 33.7 Å². The molecule has 13 nitrogen and oxygen atoms in total. The number of amides is 7. The van der Waals surface area contributed by atoms with Crippen molar-refractivity contribution in [1.82, 2.24) is 31.1 Å². The van der Waals surface area contributed by atoms with Crippen LogP contribution in [0.1, 0.15) is 119 Å². The first kappa shape index (κ1) is 41.6. The number of imide groups is 1. The normalized spacial score (nSPS) is 22.5. The Hall–Kier alpha value is -3.77. The predicted molar refractivity (Wildman–Crippen MR) is 194 cm³/mol. The molecule has 1 saturated carbocycles. The van der Waals surface area contributed by atoms with Crippen LogP contribution >= 0.6 is 0 Å². The maximum atomic E-state index is 14.8. The highest BCUT2D eigenvalue weighted by molar-refractivity contribution is 6.38. The average molecular weight is 715 g/mol. The Morgan fingerprint density at radius 3 is 2.14 bits per heavy atom. The van der Waals surface area contributed by atoms with Crippen LogP contribution in [0, 0.1) is 22.7 Å². The Bertz CT molecular complexity index is 1300. The van der Waals surface area contributed by atoms with E-state index in [9.17, 15) is 33.6 Å². The first-order valence-corrected chi connectivity index (χ1v) is 18.9. The number of piperidine rings is 1. The molecular formula is C38H62N6O7. The fourth-order valence-electron chi connectivity index (χ4n) is 7.48. The number of carbonyl (C=O) groups excluding carboxylic acids is 7. The highest BCUT2D eigenvalue weighted by atomic mass is 16.2. The van der Waals surface area contributed by atoms with Crippen molar-refractivity contribution < 1.29 is 33.6 Å². The summed E-state index contributed by atoms with van der Waals surface area (Å²) >= 11 is 0. The van der Waals surface area contributed by atoms with Crippen molar-refractivity contribution in [3.63, 3.8) is 0 Å². The minimum absolute atomic E-state index is 0.000516. The van der Waals surface area contributed by atoms with Gasteiger partial charge in [0.25, 0.3) is 5.91 Å². The molecule has 3 rings (SSSR count). The van der Waals surface area contributed by atoms with Crippen LogP contribution in [0.4, 0.5) is 4.79 Å². The van der Waals surface area contributed by atoms with Crippen LogP contribution in [0.25, 0.3) is 0 Å². The summed E-state index contributed by atoms with van der Waals surface area (Å²) in [5, 5.41) is 11.3. The standard InChI is InChI=1S/C38H62N6O7/c1-9-15-26(31(47)34(49)39-20-10-2)40-33(48)27-21-25(24(3)4)22-43(27)35(50)32(38(8)18-12-11-13-19-38)42-36(51)41-28(37(5,6)7)23-44-29(45)16-14-17-30(44)46/h10,24-28,32H,2,9,11-23H2,1,3-8H3,(H,39,49)(H,40,48)(H2,41,42,51)/t25-,26?,27+,28-,32-/m1/s1. The molecule has 0 aromatic rings. The van der Waals surface area contributed by atoms with E-state index in [1.807, 2.05) is 48.5 Å². The number of ketones is 1. The SMILES string of the molecule is C=CCNC(=O)C(=O)C(CCC)NC(=O)[C@@H]1C[C@@H](C(C)C)CN1C(=O)[C@@H](NC(=O)N[C@H](CN1C(=O)CCCC1=O)C(C)(C)C)C1(C)CCCCC1. The number of hydrogen-bond donors (Lipinski definition) is 4. The fraction of sp³-hybridized carbons (Fsp3) is 0.763. The predicted octanol–water partition coefficient (Wildman–Crippen LogP) is 3.61. The molecule has 7 amide bonds. The summed E-state index contributed by atoms with van der Waals surface area (Å²) in [6.07, 6.45) is 7.92. The third-order valence-corrected chi connectivity index (χ3v) is 11.0. The monoisotopic (exact) mass is 714 g/mol. The lowest BCUT2D eigenvalue weighted by atomic mass is 9.70. The van der Waals surface area contributed by atoms with E-state index in [0.29, 0.717) is 38.6 Å². The molecule has 2 saturated heterocycles. The molecule has 13 heteroatoms. The van der Waals surface area contributed by atoms with Crippen LogP contribution in [0.5, 0.6) is 0 Å². The Balaban J connectivity index is 1.90. The van der Waals surface area contributed by atoms with Crippen LogP contribution in [0.3, 0.4) is 0 Å². The van der Waals surface area contributed by atoms with Gasteiger partial charge in [0.1, 0.15) is 12.1 Å². The topological polar surface area (TPSA) is 174 Å². The average Bonchev–Trinajstić information content (AvgIpc) is 3.52. The molecule has 0 bridgehead atoms. The molecular weight excluding hydrogens is 652 g/mol. The van der Waals surface area contributed by atoms with Gasteiger partial charge in [-0.25, -0.2) is 4.79 Å². The van der Waals surface area contributed by atoms with E-state index in [-0.39, 0.29) is 61.9 Å². The highest BCUT2D eigenvalue weighted by Crippen LogP contribution is 2.41. The van der Waals surface area contributed by atoms with Crippen LogP contribution in [0.2, 0.25) is 0 Å². The van der Waals surface area contributed by atoms with Gasteiger partial charge >= 0.3 is 6.03 Å². The van der Waals surface area contributed by atoms with E-state index in [2.05, 4.69) is 27.8 Å². The molecule has 1 aliphatic carbocycles. The van der Waals surface area contributed by atoms with Gasteiger partial charge in [-0.05, 0) is 54.8 Å². The second-order valence-corrected chi connectivity index (χ2v) is 16.4. The Labute approximate surface area is 303 Å². The minimum Gasteiger partial charge on any atom is -0.346 e. The molecule has 2 aliphatic heterocycles. The van der Waals surface area contributed by atoms with Gasteiger partial charge in [-0.1, -0.05) is 80.2 Å². The lowest BCUT2D eigenvalue weighted by Gasteiger charge is -2.43. The molecule has 0 spiro atoms. The van der Waals surface area contributed by atoms with Gasteiger partial charge in [0, 0.05) is 32.5 Å². The molecule has 0 aromatic heterocycles. The maximum absolute atomic E-state index is 14.8. The van der Waals surface area contributed by atoms with Crippen molar-refractivity contribution in [2.45, 2.75) is 143 Å². The van der Waals surface area contributed by atoms with Crippen molar-refractivity contribution in [2.75, 3.05) is 19.6 Å². The van der Waals surface area contributed by atoms with E-state index in [0.717, 1.165) is 19.3 Å². The van der Waals surface area contributed by atoms with E-state index in [1.165, 1.54) is 11.0 Å². The van der Waals surface area contributed by atoms with Crippen molar-refractivity contribution >= 4 is 41.4 Å². The molecule has 286 valence electrons. The van der Waals surface area contributed by atoms with Crippen molar-refractivity contribution in [3.05, 3.63) is 12.7 Å². The van der Waals surface area contributed by atoms with Gasteiger partial charge in [-0.15, -0.1) is 6.58 Å². The summed E-state index contributed by atoms with van der Waals surface area (Å²) < 4.78 is 0. The molecule has 3 fully saturated rings. The first-order chi connectivity index (χ1) is 23.9. The van der Waals surface area contributed by atoms with Crippen LogP contribution in [-0.4, -0.2) is 95.0 Å². The number of rotatable bonds is 15. The zero-order valence-electron chi connectivity index (χ0n) is 31.9. The summed E-state index contributed by atoms with van der Waals surface area (Å²) in [6, 6.07) is -4.09. The summed E-state index contributed by atoms with van der Waals surface area (Å²) in [7, 11) is 0. The van der Waals surface area contributed by atoms with Gasteiger partial charge in [0.15, 0.2) is 0 Å². The maximum Gasteiger partial charge on any atom is 0.315 e. The number of urea groups is 1. The van der Waals surface area contributed by atoms with Gasteiger partial charge < -0.3 is 26.2 Å². The molecule has 0 aromatic carbocycles. The van der Waals surface area contributed by atoms with Gasteiger partial charge in [0.05, 0.1) is 12.1 Å². The van der Waals surface area contributed by atoms with E-state index in [1.54, 1.807) is 4.90 Å². The quantitative estimate of drug-likeness (QED) is 0.114. The summed E-state index contributed by atoms with van der Waals surface area (Å²) in [5.41, 5.74) is -1.12. The Morgan fingerprint density at radius 2 is 1.59 bits per heavy atom. The number of nitrogens with one attached hydrogen (secondary N) is 4. The lowest BCUT2D eigenvalue weighted by Crippen LogP contribution is -2.63. The van der Waals surface area contributed by atoms with E-state index in [4.69, 9.17) is 0 Å². The van der Waals surface area contributed by atoms with E-state index >= 15 is 0 Å². The molecule has 51 heavy (non-hydrogen) atoms. The first-order valence-electron chi connectivity index (χ1n) is 18.9. The van der Waals surface area contributed by atoms with Crippen molar-refractivity contribution in [1.29, 1.82) is 0 Å². The largest absolute Gasteiger partial charge is 0.346 e. The van der Waals surface area contributed by atoms with Crippen LogP contribution in [-0.2, 0) is 28.8 Å². The third-order valence-electron chi connectivity index (χ3n) is 11.0. The van der Waals surface area contributed by atoms with Crippen molar-refractivity contribution in [2.24, 2.45) is 22.7 Å². The number of nitrogens with zero attached hydrogens (tertiary/aromatic N) is 2. The van der Waals surface area contributed by atoms with Gasteiger partial charge in [0.2, 0.25) is 29.4 Å². The summed E-state index contributed by atoms with van der Waals surface area (Å²) in [4.78, 5) is 96.3. The van der Waals surface area contributed by atoms with Crippen LogP contribution in [0.15, 0.2) is 12.7 Å². The lowest BCUT2D eigenvalue weighted by molar-refractivity contribution is -0.148. The zero-order valence-corrected chi connectivity index (χ0v) is 31.9. The minimum atomic E-state index is -1.05. The molecule has 2 heterocycles. The second kappa shape index (κ2) is 18.1. The smallest absolute Gasteiger partial charge is 0.315 e. The highest BCUT2D eigenvalue weighted by Gasteiger charge is 2.49. The molecule has 0 radical (unpaired) electrons. The van der Waals surface area contributed by atoms with Crippen molar-refractivity contribution in [3.8, 4) is 0 Å². The molecule has 5 atom stereocenters.